The van der Waals surface area contributed by atoms with Crippen molar-refractivity contribution in [2.45, 2.75) is 45.3 Å². The third kappa shape index (κ3) is 4.53. The third-order valence-corrected chi connectivity index (χ3v) is 5.84. The van der Waals surface area contributed by atoms with Gasteiger partial charge in [0.2, 0.25) is 0 Å². The van der Waals surface area contributed by atoms with Gasteiger partial charge in [0.05, 0.1) is 43.1 Å². The van der Waals surface area contributed by atoms with Crippen LogP contribution in [0.3, 0.4) is 0 Å². The fourth-order valence-electron chi connectivity index (χ4n) is 4.09. The molecule has 1 amide bonds. The Labute approximate surface area is 193 Å². The summed E-state index contributed by atoms with van der Waals surface area (Å²) in [7, 11) is 1.51. The van der Waals surface area contributed by atoms with Crippen molar-refractivity contribution in [3.05, 3.63) is 58.4 Å². The summed E-state index contributed by atoms with van der Waals surface area (Å²) in [4.78, 5) is 19.5. The number of fused-ring (bicyclic) bond motifs is 3. The minimum atomic E-state index is -4.59. The molecule has 180 valence electrons. The highest BCUT2D eigenvalue weighted by atomic mass is 19.4. The molecule has 1 aliphatic rings. The van der Waals surface area contributed by atoms with E-state index >= 15 is 0 Å². The second-order valence-electron chi connectivity index (χ2n) is 8.22. The first-order chi connectivity index (χ1) is 16.1. The number of benzene rings is 1. The van der Waals surface area contributed by atoms with Crippen LogP contribution in [0, 0.1) is 0 Å². The predicted octanol–water partition coefficient (Wildman–Crippen LogP) is 3.89. The second kappa shape index (κ2) is 9.15. The molecular formula is C23H24F3N5O3. The van der Waals surface area contributed by atoms with Crippen LogP contribution in [0.2, 0.25) is 0 Å². The SMILES string of the molecule is COCC(C)N(Cc1ccc(C(F)(F)F)nn1)C(=O)c1ccc2nc(N)c3c(c2c1)CO[C@@H]3C. The topological polar surface area (TPSA) is 103 Å². The fraction of sp³-hybridized carbons (Fsp3) is 0.391. The molecule has 34 heavy (non-hydrogen) atoms. The summed E-state index contributed by atoms with van der Waals surface area (Å²) in [5.41, 5.74) is 8.00. The van der Waals surface area contributed by atoms with Crippen molar-refractivity contribution in [3.8, 4) is 0 Å². The Bertz CT molecular complexity index is 1220. The first-order valence-corrected chi connectivity index (χ1v) is 10.6. The van der Waals surface area contributed by atoms with E-state index in [-0.39, 0.29) is 36.9 Å². The lowest BCUT2D eigenvalue weighted by Crippen LogP contribution is -2.40. The van der Waals surface area contributed by atoms with Crippen molar-refractivity contribution in [2.75, 3.05) is 19.5 Å². The van der Waals surface area contributed by atoms with E-state index < -0.39 is 11.9 Å². The molecule has 4 rings (SSSR count). The maximum atomic E-state index is 13.5. The van der Waals surface area contributed by atoms with Crippen molar-refractivity contribution >= 4 is 22.6 Å². The van der Waals surface area contributed by atoms with Gasteiger partial charge in [0.15, 0.2) is 5.69 Å². The summed E-state index contributed by atoms with van der Waals surface area (Å²) in [5, 5.41) is 7.70. The van der Waals surface area contributed by atoms with Gasteiger partial charge in [-0.3, -0.25) is 4.79 Å². The van der Waals surface area contributed by atoms with Gasteiger partial charge in [-0.1, -0.05) is 0 Å². The van der Waals surface area contributed by atoms with E-state index in [0.29, 0.717) is 23.5 Å². The quantitative estimate of drug-likeness (QED) is 0.577. The predicted molar refractivity (Wildman–Crippen MR) is 118 cm³/mol. The molecule has 0 saturated carbocycles. The average molecular weight is 475 g/mol. The number of nitrogens with zero attached hydrogens (tertiary/aromatic N) is 4. The van der Waals surface area contributed by atoms with Crippen molar-refractivity contribution in [3.63, 3.8) is 0 Å². The highest BCUT2D eigenvalue weighted by Gasteiger charge is 2.33. The summed E-state index contributed by atoms with van der Waals surface area (Å²) in [6, 6.07) is 6.80. The van der Waals surface area contributed by atoms with Crippen molar-refractivity contribution < 1.29 is 27.4 Å². The number of amides is 1. The van der Waals surface area contributed by atoms with Crippen LogP contribution in [-0.4, -0.2) is 45.7 Å². The second-order valence-corrected chi connectivity index (χ2v) is 8.22. The molecule has 0 fully saturated rings. The maximum Gasteiger partial charge on any atom is 0.435 e. The lowest BCUT2D eigenvalue weighted by Gasteiger charge is -2.29. The number of rotatable bonds is 6. The number of carbonyl (C=O) groups is 1. The Hall–Kier alpha value is -3.31. The largest absolute Gasteiger partial charge is 0.435 e. The number of carbonyl (C=O) groups excluding carboxylic acids is 1. The van der Waals surface area contributed by atoms with E-state index in [0.717, 1.165) is 22.6 Å². The van der Waals surface area contributed by atoms with Crippen LogP contribution in [0.5, 0.6) is 0 Å². The van der Waals surface area contributed by atoms with Crippen molar-refractivity contribution in [1.82, 2.24) is 20.1 Å². The molecule has 0 aliphatic carbocycles. The number of pyridine rings is 1. The average Bonchev–Trinajstić information content (AvgIpc) is 3.19. The standard InChI is InChI=1S/C23H24F3N5O3/c1-12(10-33-3)31(9-15-5-7-19(30-29-15)23(24,25)26)22(32)14-4-6-18-16(8-14)17-11-34-13(2)20(17)21(27)28-18/h4-8,12-13H,9-11H2,1-3H3,(H2,27,28)/t12?,13-/m1/s1. The van der Waals surface area contributed by atoms with Crippen LogP contribution in [0.4, 0.5) is 19.0 Å². The molecule has 1 aliphatic heterocycles. The Morgan fingerprint density at radius 3 is 2.71 bits per heavy atom. The molecular weight excluding hydrogens is 451 g/mol. The number of anilines is 1. The Kier molecular flexibility index (Phi) is 6.41. The molecule has 1 aromatic carbocycles. The van der Waals surface area contributed by atoms with Gasteiger partial charge in [-0.2, -0.15) is 18.3 Å². The fourth-order valence-corrected chi connectivity index (χ4v) is 4.09. The maximum absolute atomic E-state index is 13.5. The first kappa shape index (κ1) is 23.8. The van der Waals surface area contributed by atoms with Crippen molar-refractivity contribution in [2.24, 2.45) is 0 Å². The number of alkyl halides is 3. The number of hydrogen-bond donors (Lipinski definition) is 1. The lowest BCUT2D eigenvalue weighted by molar-refractivity contribution is -0.141. The Balaban J connectivity index is 1.68. The third-order valence-electron chi connectivity index (χ3n) is 5.84. The molecule has 0 bridgehead atoms. The molecule has 2 N–H and O–H groups in total. The summed E-state index contributed by atoms with van der Waals surface area (Å²) >= 11 is 0. The van der Waals surface area contributed by atoms with Gasteiger partial charge in [0.1, 0.15) is 5.82 Å². The van der Waals surface area contributed by atoms with Gasteiger partial charge in [0, 0.05) is 23.6 Å². The zero-order valence-corrected chi connectivity index (χ0v) is 18.9. The van der Waals surface area contributed by atoms with Gasteiger partial charge < -0.3 is 20.1 Å². The number of methoxy groups -OCH3 is 1. The number of ether oxygens (including phenoxy) is 2. The zero-order chi connectivity index (χ0) is 24.6. The van der Waals surface area contributed by atoms with Crippen LogP contribution in [0.1, 0.15) is 52.8 Å². The number of nitrogen functional groups attached to an aromatic ring is 1. The molecule has 8 nitrogen and oxygen atoms in total. The Morgan fingerprint density at radius 1 is 1.29 bits per heavy atom. The van der Waals surface area contributed by atoms with E-state index in [1.54, 1.807) is 25.1 Å². The zero-order valence-electron chi connectivity index (χ0n) is 18.9. The summed E-state index contributed by atoms with van der Waals surface area (Å²) < 4.78 is 49.4. The van der Waals surface area contributed by atoms with Gasteiger partial charge >= 0.3 is 6.18 Å². The van der Waals surface area contributed by atoms with Gasteiger partial charge in [-0.15, -0.1) is 5.10 Å². The minimum Gasteiger partial charge on any atom is -0.383 e. The first-order valence-electron chi connectivity index (χ1n) is 10.6. The number of nitrogens with two attached hydrogens (primary N) is 1. The molecule has 0 saturated heterocycles. The van der Waals surface area contributed by atoms with E-state index in [9.17, 15) is 18.0 Å². The highest BCUT2D eigenvalue weighted by molar-refractivity contribution is 5.99. The Morgan fingerprint density at radius 2 is 2.06 bits per heavy atom. The normalized spacial score (nSPS) is 16.5. The molecule has 3 heterocycles. The van der Waals surface area contributed by atoms with E-state index in [4.69, 9.17) is 15.2 Å². The smallest absolute Gasteiger partial charge is 0.383 e. The molecule has 0 spiro atoms. The molecule has 0 radical (unpaired) electrons. The van der Waals surface area contributed by atoms with Crippen LogP contribution in [-0.2, 0) is 28.8 Å². The van der Waals surface area contributed by atoms with Crippen molar-refractivity contribution in [1.29, 1.82) is 0 Å². The van der Waals surface area contributed by atoms with Crippen LogP contribution in [0.15, 0.2) is 30.3 Å². The molecule has 1 unspecified atom stereocenters. The molecule has 2 aromatic heterocycles. The number of hydrogen-bond acceptors (Lipinski definition) is 7. The summed E-state index contributed by atoms with van der Waals surface area (Å²) in [5.74, 6) is 0.0773. The highest BCUT2D eigenvalue weighted by Crippen LogP contribution is 2.38. The minimum absolute atomic E-state index is 0.0369. The van der Waals surface area contributed by atoms with Gasteiger partial charge in [-0.05, 0) is 49.7 Å². The summed E-state index contributed by atoms with van der Waals surface area (Å²) in [6.07, 6.45) is -4.78. The van der Waals surface area contributed by atoms with Gasteiger partial charge in [0.25, 0.3) is 5.91 Å². The van der Waals surface area contributed by atoms with E-state index in [1.165, 1.54) is 18.1 Å². The van der Waals surface area contributed by atoms with Crippen LogP contribution in [0.25, 0.3) is 10.9 Å². The molecule has 11 heteroatoms. The number of halogens is 3. The van der Waals surface area contributed by atoms with Crippen LogP contribution < -0.4 is 5.73 Å². The summed E-state index contributed by atoms with van der Waals surface area (Å²) in [6.45, 7) is 4.23. The van der Waals surface area contributed by atoms with Crippen LogP contribution >= 0.6 is 0 Å². The van der Waals surface area contributed by atoms with Gasteiger partial charge in [-0.25, -0.2) is 4.98 Å². The molecule has 2 atom stereocenters. The molecule has 3 aromatic rings. The monoisotopic (exact) mass is 475 g/mol. The lowest BCUT2D eigenvalue weighted by atomic mass is 10.00. The number of aromatic nitrogens is 3. The van der Waals surface area contributed by atoms with E-state index in [1.807, 2.05) is 6.92 Å². The van der Waals surface area contributed by atoms with E-state index in [2.05, 4.69) is 15.2 Å².